The summed E-state index contributed by atoms with van der Waals surface area (Å²) in [4.78, 5) is 24.0. The van der Waals surface area contributed by atoms with Crippen molar-refractivity contribution in [3.8, 4) is 0 Å². The maximum absolute atomic E-state index is 12.2. The Morgan fingerprint density at radius 3 is 2.56 bits per heavy atom. The summed E-state index contributed by atoms with van der Waals surface area (Å²) in [5, 5.41) is 13.3. The molecule has 1 heterocycles. The highest BCUT2D eigenvalue weighted by molar-refractivity contribution is 8.00. The number of urea groups is 1. The third-order valence-electron chi connectivity index (χ3n) is 4.61. The molecule has 152 valence electrons. The first-order valence-electron chi connectivity index (χ1n) is 9.65. The summed E-state index contributed by atoms with van der Waals surface area (Å²) in [6.45, 7) is 7.25. The fourth-order valence-corrected chi connectivity index (χ4v) is 3.95. The Labute approximate surface area is 165 Å². The highest BCUT2D eigenvalue weighted by atomic mass is 32.2. The summed E-state index contributed by atoms with van der Waals surface area (Å²) in [6, 6.07) is -0.512. The van der Waals surface area contributed by atoms with Crippen LogP contribution >= 0.6 is 11.8 Å². The van der Waals surface area contributed by atoms with E-state index in [0.717, 1.165) is 24.6 Å². The van der Waals surface area contributed by atoms with E-state index in [9.17, 15) is 9.59 Å². The number of nitrogens with zero attached hydrogens (tertiary/aromatic N) is 3. The Morgan fingerprint density at radius 1 is 1.26 bits per heavy atom. The van der Waals surface area contributed by atoms with Crippen LogP contribution in [0.25, 0.3) is 0 Å². The van der Waals surface area contributed by atoms with Crippen LogP contribution in [0, 0.1) is 5.92 Å². The Kier molecular flexibility index (Phi) is 7.52. The van der Waals surface area contributed by atoms with Gasteiger partial charge in [0.1, 0.15) is 0 Å². The van der Waals surface area contributed by atoms with E-state index in [1.165, 1.54) is 48.5 Å². The van der Waals surface area contributed by atoms with E-state index in [1.807, 2.05) is 20.8 Å². The van der Waals surface area contributed by atoms with E-state index in [0.29, 0.717) is 5.16 Å². The van der Waals surface area contributed by atoms with Gasteiger partial charge in [-0.3, -0.25) is 10.1 Å². The number of amides is 3. The van der Waals surface area contributed by atoms with Crippen molar-refractivity contribution < 1.29 is 9.59 Å². The minimum absolute atomic E-state index is 0.395. The van der Waals surface area contributed by atoms with Gasteiger partial charge < -0.3 is 11.2 Å². The molecule has 0 radical (unpaired) electrons. The van der Waals surface area contributed by atoms with Gasteiger partial charge in [0.2, 0.25) is 11.1 Å². The van der Waals surface area contributed by atoms with Crippen LogP contribution in [0.2, 0.25) is 0 Å². The fraction of sp³-hybridized carbons (Fsp3) is 0.778. The smallest absolute Gasteiger partial charge is 0.321 e. The quantitative estimate of drug-likeness (QED) is 0.503. The zero-order valence-corrected chi connectivity index (χ0v) is 17.6. The maximum Gasteiger partial charge on any atom is 0.321 e. The van der Waals surface area contributed by atoms with Gasteiger partial charge >= 0.3 is 6.03 Å². The lowest BCUT2D eigenvalue weighted by molar-refractivity contribution is -0.119. The molecule has 1 aliphatic rings. The van der Waals surface area contributed by atoms with E-state index in [4.69, 9.17) is 5.84 Å². The van der Waals surface area contributed by atoms with Gasteiger partial charge in [0.15, 0.2) is 5.82 Å². The van der Waals surface area contributed by atoms with Crippen LogP contribution in [-0.4, -0.2) is 37.6 Å². The topological polar surface area (TPSA) is 115 Å². The van der Waals surface area contributed by atoms with Crippen molar-refractivity contribution in [1.29, 1.82) is 0 Å². The molecule has 0 aliphatic heterocycles. The molecule has 1 atom stereocenters. The highest BCUT2D eigenvalue weighted by Gasteiger charge is 2.23. The predicted octanol–water partition coefficient (Wildman–Crippen LogP) is 2.61. The van der Waals surface area contributed by atoms with Crippen LogP contribution < -0.4 is 16.5 Å². The zero-order valence-electron chi connectivity index (χ0n) is 16.7. The van der Waals surface area contributed by atoms with Crippen LogP contribution in [-0.2, 0) is 11.2 Å². The van der Waals surface area contributed by atoms with Crippen molar-refractivity contribution in [2.75, 3.05) is 5.84 Å². The molecule has 4 N–H and O–H groups in total. The van der Waals surface area contributed by atoms with Crippen molar-refractivity contribution in [2.24, 2.45) is 5.92 Å². The minimum atomic E-state index is -0.520. The first kappa shape index (κ1) is 21.5. The Hall–Kier alpha value is -1.77. The molecule has 27 heavy (non-hydrogen) atoms. The summed E-state index contributed by atoms with van der Waals surface area (Å²) in [5.41, 5.74) is -0.411. The lowest BCUT2D eigenvalue weighted by Gasteiger charge is -2.21. The van der Waals surface area contributed by atoms with Crippen LogP contribution in [0.1, 0.15) is 72.0 Å². The standard InChI is InChI=1S/C18H32N6O2S/c1-12(15(25)20-16(26)21-18(2,3)4)27-17-23-22-14(24(17)19)11-10-13-8-6-5-7-9-13/h12-13H,5-11,19H2,1-4H3,(H2,20,21,25,26)/t12-/m1/s1. The lowest BCUT2D eigenvalue weighted by Crippen LogP contribution is -2.49. The SMILES string of the molecule is C[C@@H](Sc1nnc(CCC2CCCCC2)n1N)C(=O)NC(=O)NC(C)(C)C. The molecule has 1 fully saturated rings. The Balaban J connectivity index is 1.84. The predicted molar refractivity (Wildman–Crippen MR) is 107 cm³/mol. The number of nitrogen functional groups attached to an aromatic ring is 1. The number of carbonyl (C=O) groups excluding carboxylic acids is 2. The van der Waals surface area contributed by atoms with E-state index in [-0.39, 0.29) is 0 Å². The molecule has 0 aromatic carbocycles. The van der Waals surface area contributed by atoms with Gasteiger partial charge in [-0.25, -0.2) is 9.47 Å². The Morgan fingerprint density at radius 2 is 1.93 bits per heavy atom. The van der Waals surface area contributed by atoms with Gasteiger partial charge in [-0.1, -0.05) is 43.9 Å². The normalized spacial score (nSPS) is 16.7. The molecule has 0 bridgehead atoms. The number of imide groups is 1. The minimum Gasteiger partial charge on any atom is -0.336 e. The number of hydrogen-bond acceptors (Lipinski definition) is 6. The van der Waals surface area contributed by atoms with Crippen LogP contribution in [0.3, 0.4) is 0 Å². The number of carbonyl (C=O) groups is 2. The number of nitrogens with two attached hydrogens (primary N) is 1. The number of aromatic nitrogens is 3. The van der Waals surface area contributed by atoms with E-state index in [2.05, 4.69) is 20.8 Å². The largest absolute Gasteiger partial charge is 0.336 e. The molecule has 0 spiro atoms. The summed E-state index contributed by atoms with van der Waals surface area (Å²) in [5.74, 6) is 7.20. The first-order valence-corrected chi connectivity index (χ1v) is 10.5. The third-order valence-corrected chi connectivity index (χ3v) is 5.67. The van der Waals surface area contributed by atoms with E-state index >= 15 is 0 Å². The number of aryl methyl sites for hydroxylation is 1. The summed E-state index contributed by atoms with van der Waals surface area (Å²) in [7, 11) is 0. The van der Waals surface area contributed by atoms with Crippen molar-refractivity contribution in [3.63, 3.8) is 0 Å². The van der Waals surface area contributed by atoms with Crippen molar-refractivity contribution in [3.05, 3.63) is 5.82 Å². The van der Waals surface area contributed by atoms with Crippen molar-refractivity contribution >= 4 is 23.7 Å². The lowest BCUT2D eigenvalue weighted by atomic mass is 9.86. The molecule has 1 saturated carbocycles. The van der Waals surface area contributed by atoms with Gasteiger partial charge in [0.25, 0.3) is 0 Å². The van der Waals surface area contributed by atoms with Crippen molar-refractivity contribution in [2.45, 2.75) is 88.6 Å². The van der Waals surface area contributed by atoms with Gasteiger partial charge in [-0.15, -0.1) is 10.2 Å². The summed E-state index contributed by atoms with van der Waals surface area (Å²) in [6.07, 6.45) is 8.42. The second-order valence-electron chi connectivity index (χ2n) is 8.26. The number of hydrogen-bond donors (Lipinski definition) is 3. The highest BCUT2D eigenvalue weighted by Crippen LogP contribution is 2.28. The fourth-order valence-electron chi connectivity index (χ4n) is 3.16. The summed E-state index contributed by atoms with van der Waals surface area (Å²) >= 11 is 1.19. The number of rotatable bonds is 6. The van der Waals surface area contributed by atoms with Gasteiger partial charge in [-0.2, -0.15) is 0 Å². The van der Waals surface area contributed by atoms with Gasteiger partial charge in [0.05, 0.1) is 5.25 Å². The Bertz CT molecular complexity index is 649. The molecule has 9 heteroatoms. The average molecular weight is 397 g/mol. The second-order valence-corrected chi connectivity index (χ2v) is 9.57. The van der Waals surface area contributed by atoms with Crippen LogP contribution in [0.4, 0.5) is 4.79 Å². The molecular formula is C18H32N6O2S. The van der Waals surface area contributed by atoms with Gasteiger partial charge in [0, 0.05) is 12.0 Å². The first-order chi connectivity index (χ1) is 12.7. The van der Waals surface area contributed by atoms with E-state index < -0.39 is 22.7 Å². The van der Waals surface area contributed by atoms with Crippen LogP contribution in [0.5, 0.6) is 0 Å². The zero-order chi connectivity index (χ0) is 20.0. The molecule has 1 aromatic heterocycles. The number of thioether (sulfide) groups is 1. The van der Waals surface area contributed by atoms with Crippen LogP contribution in [0.15, 0.2) is 5.16 Å². The second kappa shape index (κ2) is 9.43. The third kappa shape index (κ3) is 7.04. The van der Waals surface area contributed by atoms with Crippen molar-refractivity contribution in [1.82, 2.24) is 25.5 Å². The molecule has 0 saturated heterocycles. The summed E-state index contributed by atoms with van der Waals surface area (Å²) < 4.78 is 1.46. The monoisotopic (exact) mass is 396 g/mol. The van der Waals surface area contributed by atoms with Gasteiger partial charge in [-0.05, 0) is 40.0 Å². The molecule has 1 aliphatic carbocycles. The maximum atomic E-state index is 12.2. The number of nitrogens with one attached hydrogen (secondary N) is 2. The van der Waals surface area contributed by atoms with E-state index in [1.54, 1.807) is 6.92 Å². The molecule has 0 unspecified atom stereocenters. The average Bonchev–Trinajstić information content (AvgIpc) is 2.92. The molecule has 8 nitrogen and oxygen atoms in total. The molecule has 3 amide bonds. The molecule has 1 aromatic rings. The molecule has 2 rings (SSSR count). The molecular weight excluding hydrogens is 364 g/mol.